The summed E-state index contributed by atoms with van der Waals surface area (Å²) in [7, 11) is 1.14. The molecule has 152 valence electrons. The fraction of sp³-hybridized carbons (Fsp3) is 0.211. The molecule has 2 aromatic heterocycles. The molecule has 1 atom stereocenters. The summed E-state index contributed by atoms with van der Waals surface area (Å²) in [5.74, 6) is -1.33. The van der Waals surface area contributed by atoms with E-state index in [-0.39, 0.29) is 22.0 Å². The Balaban J connectivity index is 2.04. The van der Waals surface area contributed by atoms with Gasteiger partial charge in [0.25, 0.3) is 0 Å². The van der Waals surface area contributed by atoms with Gasteiger partial charge in [-0.1, -0.05) is 11.6 Å². The van der Waals surface area contributed by atoms with Crippen LogP contribution in [0, 0.1) is 18.6 Å². The van der Waals surface area contributed by atoms with Gasteiger partial charge in [0.2, 0.25) is 0 Å². The third kappa shape index (κ3) is 4.36. The van der Waals surface area contributed by atoms with E-state index in [1.54, 1.807) is 19.2 Å². The molecule has 10 heteroatoms. The van der Waals surface area contributed by atoms with Gasteiger partial charge in [-0.2, -0.15) is 5.10 Å². The number of pyridine rings is 1. The quantitative estimate of drug-likeness (QED) is 0.487. The molecule has 3 aromatic rings. The molecular weight excluding hydrogens is 404 g/mol. The monoisotopic (exact) mass is 421 g/mol. The number of benzene rings is 1. The maximum absolute atomic E-state index is 14.7. The molecule has 0 aliphatic carbocycles. The third-order valence-electron chi connectivity index (χ3n) is 4.20. The molecule has 0 aliphatic heterocycles. The number of carbonyl (C=O) groups is 1. The number of carbonyl (C=O) groups excluding carboxylic acids is 1. The van der Waals surface area contributed by atoms with Crippen LogP contribution < -0.4 is 5.32 Å². The van der Waals surface area contributed by atoms with Gasteiger partial charge < -0.3 is 5.32 Å². The largest absolute Gasteiger partial charge is 0.341 e. The highest BCUT2D eigenvalue weighted by Crippen LogP contribution is 2.33. The van der Waals surface area contributed by atoms with Gasteiger partial charge in [-0.05, 0) is 38.1 Å². The lowest BCUT2D eigenvalue weighted by Gasteiger charge is -2.18. The van der Waals surface area contributed by atoms with E-state index in [9.17, 15) is 13.6 Å². The van der Waals surface area contributed by atoms with E-state index in [2.05, 4.69) is 15.4 Å². The molecule has 0 radical (unpaired) electrons. The van der Waals surface area contributed by atoms with Crippen LogP contribution in [0.4, 0.5) is 13.6 Å². The van der Waals surface area contributed by atoms with Gasteiger partial charge in [-0.25, -0.2) is 23.3 Å². The summed E-state index contributed by atoms with van der Waals surface area (Å²) in [4.78, 5) is 15.6. The van der Waals surface area contributed by atoms with Crippen LogP contribution in [-0.2, 0) is 0 Å². The number of urea groups is 1. The summed E-state index contributed by atoms with van der Waals surface area (Å²) in [6.07, 6.45) is 2.95. The summed E-state index contributed by atoms with van der Waals surface area (Å²) in [5, 5.41) is 16.2. The number of aryl methyl sites for hydroxylation is 1. The summed E-state index contributed by atoms with van der Waals surface area (Å²) in [6.45, 7) is 3.28. The van der Waals surface area contributed by atoms with Gasteiger partial charge in [0.1, 0.15) is 11.5 Å². The predicted molar refractivity (Wildman–Crippen MR) is 103 cm³/mol. The number of hydrogen-bond acceptors (Lipinski definition) is 4. The van der Waals surface area contributed by atoms with Crippen LogP contribution in [0.1, 0.15) is 24.4 Å². The van der Waals surface area contributed by atoms with E-state index in [0.29, 0.717) is 16.3 Å². The Hall–Kier alpha value is -3.04. The Labute approximate surface area is 170 Å². The van der Waals surface area contributed by atoms with E-state index >= 15 is 0 Å². The number of amides is 2. The lowest BCUT2D eigenvalue weighted by Crippen LogP contribution is -2.37. The van der Waals surface area contributed by atoms with Crippen LogP contribution in [-0.4, -0.2) is 38.1 Å². The number of rotatable bonds is 4. The van der Waals surface area contributed by atoms with E-state index in [4.69, 9.17) is 16.8 Å². The van der Waals surface area contributed by atoms with Crippen molar-refractivity contribution in [3.05, 3.63) is 64.7 Å². The number of halogens is 3. The molecule has 0 bridgehead atoms. The SMILES string of the molecule is Cc1ccn(-c2c(F)cc(Cl)cc2-c2cnc(C(C)NC(=O)N(C)O)c(F)c2)n1. The lowest BCUT2D eigenvalue weighted by atomic mass is 10.0. The zero-order chi connectivity index (χ0) is 21.3. The average molecular weight is 422 g/mol. The van der Waals surface area contributed by atoms with Crippen molar-refractivity contribution < 1.29 is 18.8 Å². The van der Waals surface area contributed by atoms with Crippen molar-refractivity contribution in [1.82, 2.24) is 25.1 Å². The van der Waals surface area contributed by atoms with E-state index in [1.165, 1.54) is 29.9 Å². The second-order valence-corrected chi connectivity index (χ2v) is 6.91. The Bertz CT molecular complexity index is 1070. The van der Waals surface area contributed by atoms with Gasteiger partial charge in [0.15, 0.2) is 5.82 Å². The Morgan fingerprint density at radius 1 is 1.31 bits per heavy atom. The van der Waals surface area contributed by atoms with Gasteiger partial charge in [-0.3, -0.25) is 10.2 Å². The predicted octanol–water partition coefficient (Wildman–Crippen LogP) is 4.27. The van der Waals surface area contributed by atoms with Crippen molar-refractivity contribution in [2.75, 3.05) is 7.05 Å². The van der Waals surface area contributed by atoms with Gasteiger partial charge >= 0.3 is 6.03 Å². The molecule has 2 amide bonds. The third-order valence-corrected chi connectivity index (χ3v) is 4.42. The Kier molecular flexibility index (Phi) is 5.81. The molecule has 0 fully saturated rings. The molecule has 2 heterocycles. The second-order valence-electron chi connectivity index (χ2n) is 6.47. The summed E-state index contributed by atoms with van der Waals surface area (Å²) < 4.78 is 30.8. The molecule has 0 saturated carbocycles. The minimum Gasteiger partial charge on any atom is -0.328 e. The molecule has 1 unspecified atom stereocenters. The van der Waals surface area contributed by atoms with Crippen molar-refractivity contribution in [2.24, 2.45) is 0 Å². The molecule has 1 aromatic carbocycles. The smallest absolute Gasteiger partial charge is 0.328 e. The molecular formula is C19H18ClF2N5O2. The second kappa shape index (κ2) is 8.14. The maximum atomic E-state index is 14.7. The standard InChI is InChI=1S/C19H18ClF2N5O2/c1-10-4-5-27(25-10)18-14(7-13(20)8-16(18)22)12-6-15(21)17(23-9-12)11(2)24-19(28)26(3)29/h4-9,11,29H,1-3H3,(H,24,28). The minimum atomic E-state index is -0.810. The highest BCUT2D eigenvalue weighted by molar-refractivity contribution is 6.31. The summed E-state index contributed by atoms with van der Waals surface area (Å²) in [5.41, 5.74) is 1.35. The molecule has 3 rings (SSSR count). The zero-order valence-corrected chi connectivity index (χ0v) is 16.6. The summed E-state index contributed by atoms with van der Waals surface area (Å²) >= 11 is 6.01. The van der Waals surface area contributed by atoms with Crippen LogP contribution >= 0.6 is 11.6 Å². The molecule has 0 spiro atoms. The minimum absolute atomic E-state index is 0.0390. The van der Waals surface area contributed by atoms with Crippen molar-refractivity contribution in [3.63, 3.8) is 0 Å². The molecule has 0 saturated heterocycles. The first-order chi connectivity index (χ1) is 13.7. The van der Waals surface area contributed by atoms with Crippen LogP contribution in [0.3, 0.4) is 0 Å². The van der Waals surface area contributed by atoms with Crippen molar-refractivity contribution in [1.29, 1.82) is 0 Å². The van der Waals surface area contributed by atoms with Crippen molar-refractivity contribution in [3.8, 4) is 16.8 Å². The highest BCUT2D eigenvalue weighted by atomic mass is 35.5. The summed E-state index contributed by atoms with van der Waals surface area (Å²) in [6, 6.07) is 3.92. The topological polar surface area (TPSA) is 83.3 Å². The maximum Gasteiger partial charge on any atom is 0.341 e. The van der Waals surface area contributed by atoms with Crippen LogP contribution in [0.2, 0.25) is 5.02 Å². The van der Waals surface area contributed by atoms with E-state index < -0.39 is 23.7 Å². The number of hydrogen-bond donors (Lipinski definition) is 2. The molecule has 2 N–H and O–H groups in total. The fourth-order valence-corrected chi connectivity index (χ4v) is 3.02. The lowest BCUT2D eigenvalue weighted by molar-refractivity contribution is -0.0193. The Morgan fingerprint density at radius 3 is 2.62 bits per heavy atom. The van der Waals surface area contributed by atoms with Crippen molar-refractivity contribution in [2.45, 2.75) is 19.9 Å². The van der Waals surface area contributed by atoms with E-state index in [0.717, 1.165) is 13.1 Å². The van der Waals surface area contributed by atoms with Gasteiger partial charge in [0.05, 0.1) is 17.4 Å². The fourth-order valence-electron chi connectivity index (χ4n) is 2.82. The average Bonchev–Trinajstić information content (AvgIpc) is 3.06. The molecule has 29 heavy (non-hydrogen) atoms. The first-order valence-electron chi connectivity index (χ1n) is 8.58. The van der Waals surface area contributed by atoms with Gasteiger partial charge in [0, 0.05) is 35.6 Å². The number of hydroxylamine groups is 2. The normalized spacial score (nSPS) is 12.0. The van der Waals surface area contributed by atoms with Crippen LogP contribution in [0.15, 0.2) is 36.7 Å². The highest BCUT2D eigenvalue weighted by Gasteiger charge is 2.20. The van der Waals surface area contributed by atoms with Gasteiger partial charge in [-0.15, -0.1) is 0 Å². The Morgan fingerprint density at radius 2 is 2.03 bits per heavy atom. The first kappa shape index (κ1) is 20.7. The van der Waals surface area contributed by atoms with Crippen molar-refractivity contribution >= 4 is 17.6 Å². The van der Waals surface area contributed by atoms with E-state index in [1.807, 2.05) is 0 Å². The molecule has 7 nitrogen and oxygen atoms in total. The zero-order valence-electron chi connectivity index (χ0n) is 15.8. The number of nitrogens with zero attached hydrogens (tertiary/aromatic N) is 4. The molecule has 0 aliphatic rings. The van der Waals surface area contributed by atoms with Crippen LogP contribution in [0.5, 0.6) is 0 Å². The number of aromatic nitrogens is 3. The number of nitrogens with one attached hydrogen (secondary N) is 1. The first-order valence-corrected chi connectivity index (χ1v) is 8.95. The van der Waals surface area contributed by atoms with Crippen LogP contribution in [0.25, 0.3) is 16.8 Å².